The van der Waals surface area contributed by atoms with Gasteiger partial charge >= 0.3 is 0 Å². The zero-order valence-electron chi connectivity index (χ0n) is 16.6. The van der Waals surface area contributed by atoms with Gasteiger partial charge in [0.2, 0.25) is 0 Å². The second kappa shape index (κ2) is 8.13. The zero-order valence-corrected chi connectivity index (χ0v) is 16.6. The third-order valence-corrected chi connectivity index (χ3v) is 5.52. The number of hydrogen-bond acceptors (Lipinski definition) is 3. The Hall–Kier alpha value is -2.69. The monoisotopic (exact) mass is 373 g/mol. The maximum absolute atomic E-state index is 12.5. The molecule has 0 aliphatic carbocycles. The average molecular weight is 374 g/mol. The van der Waals surface area contributed by atoms with E-state index in [1.807, 2.05) is 37.3 Å². The fraction of sp³-hybridized carbons (Fsp3) is 0.292. The molecule has 1 aliphatic rings. The summed E-state index contributed by atoms with van der Waals surface area (Å²) in [5.74, 6) is 0.0379. The number of rotatable bonds is 5. The minimum Gasteiger partial charge on any atom is -0.333 e. The van der Waals surface area contributed by atoms with E-state index in [-0.39, 0.29) is 5.78 Å². The molecule has 144 valence electrons. The molecule has 4 rings (SSSR count). The molecule has 4 nitrogen and oxygen atoms in total. The van der Waals surface area contributed by atoms with Gasteiger partial charge in [-0.3, -0.25) is 9.69 Å². The van der Waals surface area contributed by atoms with Gasteiger partial charge in [-0.25, -0.2) is 0 Å². The Bertz CT molecular complexity index is 992. The molecule has 1 fully saturated rings. The molecule has 1 aliphatic heterocycles. The van der Waals surface area contributed by atoms with Crippen LogP contribution in [0.4, 0.5) is 0 Å². The third-order valence-electron chi connectivity index (χ3n) is 5.52. The molecule has 0 amide bonds. The van der Waals surface area contributed by atoms with Crippen LogP contribution in [0.15, 0.2) is 60.8 Å². The van der Waals surface area contributed by atoms with Crippen LogP contribution in [0.25, 0.3) is 17.0 Å². The van der Waals surface area contributed by atoms with Gasteiger partial charge in [-0.05, 0) is 32.2 Å². The van der Waals surface area contributed by atoms with E-state index in [0.717, 1.165) is 49.5 Å². The molecular weight excluding hydrogens is 346 g/mol. The lowest BCUT2D eigenvalue weighted by Gasteiger charge is -2.32. The van der Waals surface area contributed by atoms with Crippen molar-refractivity contribution in [2.45, 2.75) is 13.6 Å². The van der Waals surface area contributed by atoms with E-state index in [1.165, 1.54) is 10.9 Å². The zero-order chi connectivity index (χ0) is 19.5. The molecule has 0 radical (unpaired) electrons. The van der Waals surface area contributed by atoms with Gasteiger partial charge < -0.3 is 9.47 Å². The molecule has 0 saturated carbocycles. The van der Waals surface area contributed by atoms with Crippen LogP contribution in [0.5, 0.6) is 0 Å². The highest BCUT2D eigenvalue weighted by atomic mass is 16.1. The smallest absolute Gasteiger partial charge is 0.185 e. The summed E-state index contributed by atoms with van der Waals surface area (Å²) in [6.45, 7) is 7.29. The van der Waals surface area contributed by atoms with Crippen LogP contribution >= 0.6 is 0 Å². The van der Waals surface area contributed by atoms with E-state index in [1.54, 1.807) is 6.08 Å². The number of ketones is 1. The van der Waals surface area contributed by atoms with Crippen molar-refractivity contribution in [3.05, 3.63) is 77.5 Å². The second-order valence-corrected chi connectivity index (χ2v) is 7.70. The quantitative estimate of drug-likeness (QED) is 0.499. The fourth-order valence-electron chi connectivity index (χ4n) is 3.71. The summed E-state index contributed by atoms with van der Waals surface area (Å²) in [4.78, 5) is 17.4. The van der Waals surface area contributed by atoms with Crippen LogP contribution in [0.3, 0.4) is 0 Å². The highest BCUT2D eigenvalue weighted by Gasteiger charge is 2.15. The van der Waals surface area contributed by atoms with Crippen molar-refractivity contribution in [2.24, 2.45) is 0 Å². The molecule has 0 N–H and O–H groups in total. The Labute approximate surface area is 166 Å². The van der Waals surface area contributed by atoms with E-state index in [9.17, 15) is 4.79 Å². The largest absolute Gasteiger partial charge is 0.333 e. The molecule has 1 saturated heterocycles. The maximum atomic E-state index is 12.5. The van der Waals surface area contributed by atoms with Gasteiger partial charge in [-0.15, -0.1) is 0 Å². The van der Waals surface area contributed by atoms with Crippen LogP contribution in [-0.4, -0.2) is 53.4 Å². The molecular formula is C24H27N3O. The molecule has 0 spiro atoms. The number of fused-ring (bicyclic) bond motifs is 1. The van der Waals surface area contributed by atoms with E-state index < -0.39 is 0 Å². The predicted molar refractivity (Wildman–Crippen MR) is 116 cm³/mol. The van der Waals surface area contributed by atoms with Crippen molar-refractivity contribution < 1.29 is 4.79 Å². The van der Waals surface area contributed by atoms with E-state index in [0.29, 0.717) is 0 Å². The van der Waals surface area contributed by atoms with Crippen LogP contribution in [-0.2, 0) is 6.67 Å². The number of likely N-dealkylation sites (N-methyl/N-ethyl adjacent to an activating group) is 1. The predicted octanol–water partition coefficient (Wildman–Crippen LogP) is 4.05. The molecule has 0 atom stereocenters. The lowest BCUT2D eigenvalue weighted by Crippen LogP contribution is -2.44. The van der Waals surface area contributed by atoms with Crippen molar-refractivity contribution in [3.8, 4) is 0 Å². The summed E-state index contributed by atoms with van der Waals surface area (Å²) in [6.07, 6.45) is 5.81. The van der Waals surface area contributed by atoms with E-state index in [2.05, 4.69) is 51.9 Å². The van der Waals surface area contributed by atoms with Crippen molar-refractivity contribution in [1.29, 1.82) is 0 Å². The first-order valence-corrected chi connectivity index (χ1v) is 9.88. The number of hydrogen-bond donors (Lipinski definition) is 0. The first-order chi connectivity index (χ1) is 13.6. The van der Waals surface area contributed by atoms with Crippen LogP contribution < -0.4 is 0 Å². The summed E-state index contributed by atoms with van der Waals surface area (Å²) in [7, 11) is 2.18. The van der Waals surface area contributed by atoms with Gasteiger partial charge in [-0.2, -0.15) is 0 Å². The lowest BCUT2D eigenvalue weighted by atomic mass is 10.1. The lowest BCUT2D eigenvalue weighted by molar-refractivity contribution is 0.104. The minimum absolute atomic E-state index is 0.0379. The molecule has 1 aromatic heterocycles. The second-order valence-electron chi connectivity index (χ2n) is 7.70. The number of carbonyl (C=O) groups is 1. The topological polar surface area (TPSA) is 28.5 Å². The standard InChI is InChI=1S/C24H27N3O/c1-19-7-9-20(10-8-19)24(28)12-11-21-17-27(23-6-4-3-5-22(21)23)18-26-15-13-25(2)14-16-26/h3-12,17H,13-16,18H2,1-2H3/b12-11+. The molecule has 4 heteroatoms. The molecule has 3 aromatic rings. The van der Waals surface area contributed by atoms with E-state index >= 15 is 0 Å². The highest BCUT2D eigenvalue weighted by molar-refractivity contribution is 6.07. The summed E-state index contributed by atoms with van der Waals surface area (Å²) in [5.41, 5.74) is 4.18. The Morgan fingerprint density at radius 3 is 2.46 bits per heavy atom. The van der Waals surface area contributed by atoms with Crippen molar-refractivity contribution >= 4 is 22.8 Å². The average Bonchev–Trinajstić information content (AvgIpc) is 3.06. The SMILES string of the molecule is Cc1ccc(C(=O)/C=C/c2cn(CN3CCN(C)CC3)c3ccccc23)cc1. The van der Waals surface area contributed by atoms with Gasteiger partial charge in [0.25, 0.3) is 0 Å². The Morgan fingerprint density at radius 2 is 1.71 bits per heavy atom. The Balaban J connectivity index is 1.57. The highest BCUT2D eigenvalue weighted by Crippen LogP contribution is 2.23. The van der Waals surface area contributed by atoms with Gasteiger partial charge in [-0.1, -0.05) is 48.0 Å². The number of aryl methyl sites for hydroxylation is 1. The summed E-state index contributed by atoms with van der Waals surface area (Å²) in [6, 6.07) is 16.1. The molecule has 28 heavy (non-hydrogen) atoms. The van der Waals surface area contributed by atoms with Crippen LogP contribution in [0.2, 0.25) is 0 Å². The van der Waals surface area contributed by atoms with Gasteiger partial charge in [0.1, 0.15) is 0 Å². The molecule has 0 bridgehead atoms. The van der Waals surface area contributed by atoms with Gasteiger partial charge in [0, 0.05) is 54.4 Å². The number of allylic oxidation sites excluding steroid dienone is 1. The molecule has 0 unspecified atom stereocenters. The number of nitrogens with zero attached hydrogens (tertiary/aromatic N) is 3. The number of piperazine rings is 1. The summed E-state index contributed by atoms with van der Waals surface area (Å²) in [5, 5.41) is 1.18. The normalized spacial score (nSPS) is 16.2. The van der Waals surface area contributed by atoms with Gasteiger partial charge in [0.05, 0.1) is 6.67 Å². The van der Waals surface area contributed by atoms with Crippen LogP contribution in [0.1, 0.15) is 21.5 Å². The molecule has 2 aromatic carbocycles. The molecule has 2 heterocycles. The summed E-state index contributed by atoms with van der Waals surface area (Å²) >= 11 is 0. The number of para-hydroxylation sites is 1. The number of benzene rings is 2. The summed E-state index contributed by atoms with van der Waals surface area (Å²) < 4.78 is 2.30. The Kier molecular flexibility index (Phi) is 5.42. The number of carbonyl (C=O) groups excluding carboxylic acids is 1. The first-order valence-electron chi connectivity index (χ1n) is 9.88. The van der Waals surface area contributed by atoms with Crippen molar-refractivity contribution in [1.82, 2.24) is 14.4 Å². The van der Waals surface area contributed by atoms with E-state index in [4.69, 9.17) is 0 Å². The Morgan fingerprint density at radius 1 is 1.00 bits per heavy atom. The van der Waals surface area contributed by atoms with Crippen LogP contribution in [0, 0.1) is 6.92 Å². The maximum Gasteiger partial charge on any atom is 0.185 e. The fourth-order valence-corrected chi connectivity index (χ4v) is 3.71. The minimum atomic E-state index is 0.0379. The van der Waals surface area contributed by atoms with Crippen molar-refractivity contribution in [3.63, 3.8) is 0 Å². The number of aromatic nitrogens is 1. The first kappa shape index (κ1) is 18.7. The van der Waals surface area contributed by atoms with Crippen molar-refractivity contribution in [2.75, 3.05) is 33.2 Å². The third kappa shape index (κ3) is 4.08. The van der Waals surface area contributed by atoms with Gasteiger partial charge in [0.15, 0.2) is 5.78 Å².